The van der Waals surface area contributed by atoms with Crippen molar-refractivity contribution >= 4 is 11.9 Å². The van der Waals surface area contributed by atoms with Gasteiger partial charge in [0.25, 0.3) is 0 Å². The van der Waals surface area contributed by atoms with Gasteiger partial charge in [-0.3, -0.25) is 0 Å². The molecule has 0 fully saturated rings. The van der Waals surface area contributed by atoms with E-state index in [1.54, 1.807) is 3.08 Å². The summed E-state index contributed by atoms with van der Waals surface area (Å²) in [4.78, 5) is 0. The second-order valence-electron chi connectivity index (χ2n) is 4.89. The Labute approximate surface area is 98.0 Å². The van der Waals surface area contributed by atoms with Crippen LogP contribution in [0.1, 0.15) is 34.1 Å². The van der Waals surface area contributed by atoms with E-state index in [1.165, 1.54) is 5.06 Å². The summed E-state index contributed by atoms with van der Waals surface area (Å²) < 4.78 is 1.58. The summed E-state index contributed by atoms with van der Waals surface area (Å²) in [5.41, 5.74) is -0.313. The minimum absolute atomic E-state index is 0.110. The Morgan fingerprint density at radius 3 is 2.38 bits per heavy atom. The molecular formula is C9H16BrHgNO. The van der Waals surface area contributed by atoms with Gasteiger partial charge in [0.1, 0.15) is 0 Å². The Balaban J connectivity index is 3.01. The van der Waals surface area contributed by atoms with Crippen molar-refractivity contribution in [3.63, 3.8) is 0 Å². The van der Waals surface area contributed by atoms with Crippen LogP contribution in [0.2, 0.25) is 0 Å². The molecule has 0 aromatic carbocycles. The van der Waals surface area contributed by atoms with Crippen LogP contribution < -0.4 is 0 Å². The predicted octanol–water partition coefficient (Wildman–Crippen LogP) is 2.91. The van der Waals surface area contributed by atoms with Gasteiger partial charge in [0, 0.05) is 0 Å². The summed E-state index contributed by atoms with van der Waals surface area (Å²) in [5.74, 6) is 0. The van der Waals surface area contributed by atoms with Crippen molar-refractivity contribution in [3.8, 4) is 0 Å². The Hall–Kier alpha value is 1.08. The van der Waals surface area contributed by atoms with E-state index in [4.69, 9.17) is 0 Å². The van der Waals surface area contributed by atoms with E-state index in [0.717, 1.165) is 6.42 Å². The van der Waals surface area contributed by atoms with E-state index in [0.29, 0.717) is 0 Å². The zero-order valence-electron chi connectivity index (χ0n) is 8.76. The van der Waals surface area contributed by atoms with E-state index in [1.807, 2.05) is 0 Å². The summed E-state index contributed by atoms with van der Waals surface area (Å²) in [7, 11) is 0. The summed E-state index contributed by atoms with van der Waals surface area (Å²) in [6.07, 6.45) is 3.24. The van der Waals surface area contributed by atoms with Gasteiger partial charge in [0.15, 0.2) is 0 Å². The zero-order chi connectivity index (χ0) is 10.3. The number of rotatable bonds is 1. The second-order valence-corrected chi connectivity index (χ2v) is 14.4. The van der Waals surface area contributed by atoms with Crippen LogP contribution >= 0.6 is 11.9 Å². The molecule has 72 valence electrons. The molecule has 1 N–H and O–H groups in total. The number of hydrogen-bond donors (Lipinski definition) is 1. The van der Waals surface area contributed by atoms with Gasteiger partial charge in [0.2, 0.25) is 0 Å². The Bertz CT molecular complexity index is 238. The number of hydroxylamine groups is 2. The molecule has 0 spiro atoms. The quantitative estimate of drug-likeness (QED) is 0.642. The van der Waals surface area contributed by atoms with Crippen molar-refractivity contribution in [2.75, 3.05) is 0 Å². The zero-order valence-corrected chi connectivity index (χ0v) is 15.8. The van der Waals surface area contributed by atoms with Crippen molar-refractivity contribution < 1.29 is 27.4 Å². The number of nitrogens with zero attached hydrogens (tertiary/aromatic N) is 1. The van der Waals surface area contributed by atoms with Crippen LogP contribution in [0.25, 0.3) is 0 Å². The van der Waals surface area contributed by atoms with Gasteiger partial charge < -0.3 is 0 Å². The maximum absolute atomic E-state index is 9.98. The van der Waals surface area contributed by atoms with Gasteiger partial charge in [-0.25, -0.2) is 0 Å². The predicted molar refractivity (Wildman–Crippen MR) is 53.4 cm³/mol. The molecule has 0 aromatic heterocycles. The average Bonchev–Trinajstić information content (AvgIpc) is 1.99. The third kappa shape index (κ3) is 2.55. The van der Waals surface area contributed by atoms with Gasteiger partial charge in [-0.05, 0) is 0 Å². The first-order chi connectivity index (χ1) is 5.79. The van der Waals surface area contributed by atoms with E-state index in [-0.39, 0.29) is 11.1 Å². The Morgan fingerprint density at radius 2 is 2.00 bits per heavy atom. The third-order valence-electron chi connectivity index (χ3n) is 2.51. The van der Waals surface area contributed by atoms with Crippen LogP contribution in [-0.2, 0) is 22.1 Å². The van der Waals surface area contributed by atoms with Crippen molar-refractivity contribution in [1.82, 2.24) is 5.06 Å². The van der Waals surface area contributed by atoms with Gasteiger partial charge in [0.05, 0.1) is 0 Å². The molecule has 1 aliphatic rings. The fraction of sp³-hybridized carbons (Fsp3) is 0.778. The molecule has 0 amide bonds. The average molecular weight is 435 g/mol. The molecule has 1 heterocycles. The standard InChI is InChI=1S/C9H16NO.BrH.Hg/c1-8(2)6-5-7-9(3,4)10(8)11;;/h6,11H,7H2,1-4H3;1H;/q;;+1/p-1. The van der Waals surface area contributed by atoms with E-state index in [2.05, 4.69) is 45.7 Å². The van der Waals surface area contributed by atoms with Crippen LogP contribution in [0.15, 0.2) is 9.16 Å². The van der Waals surface area contributed by atoms with E-state index in [9.17, 15) is 5.21 Å². The molecule has 0 unspecified atom stereocenters. The van der Waals surface area contributed by atoms with Crippen LogP contribution in [0.5, 0.6) is 0 Å². The van der Waals surface area contributed by atoms with Crippen LogP contribution in [0.4, 0.5) is 0 Å². The van der Waals surface area contributed by atoms with Gasteiger partial charge in [-0.1, -0.05) is 0 Å². The molecular weight excluding hydrogens is 419 g/mol. The molecule has 0 aromatic rings. The first-order valence-electron chi connectivity index (χ1n) is 4.55. The molecule has 0 atom stereocenters. The summed E-state index contributed by atoms with van der Waals surface area (Å²) in [6, 6.07) is 0. The molecule has 13 heavy (non-hydrogen) atoms. The topological polar surface area (TPSA) is 23.5 Å². The fourth-order valence-electron chi connectivity index (χ4n) is 2.11. The molecule has 0 saturated heterocycles. The second kappa shape index (κ2) is 3.91. The van der Waals surface area contributed by atoms with Gasteiger partial charge in [-0.2, -0.15) is 0 Å². The van der Waals surface area contributed by atoms with Crippen molar-refractivity contribution in [1.29, 1.82) is 0 Å². The molecule has 4 heteroatoms. The molecule has 0 aliphatic carbocycles. The third-order valence-corrected chi connectivity index (χ3v) is 11.9. The first kappa shape index (κ1) is 12.1. The van der Waals surface area contributed by atoms with E-state index >= 15 is 0 Å². The van der Waals surface area contributed by atoms with E-state index < -0.39 is 22.1 Å². The molecule has 1 rings (SSSR count). The summed E-state index contributed by atoms with van der Waals surface area (Å²) in [6.45, 7) is 8.31. The molecule has 2 nitrogen and oxygen atoms in total. The molecule has 0 saturated carbocycles. The Kier molecular flexibility index (Phi) is 3.66. The Morgan fingerprint density at radius 1 is 1.46 bits per heavy atom. The van der Waals surface area contributed by atoms with Gasteiger partial charge in [-0.15, -0.1) is 0 Å². The van der Waals surface area contributed by atoms with Crippen LogP contribution in [-0.4, -0.2) is 21.3 Å². The van der Waals surface area contributed by atoms with Crippen LogP contribution in [0, 0.1) is 0 Å². The number of hydrogen-bond acceptors (Lipinski definition) is 2. The summed E-state index contributed by atoms with van der Waals surface area (Å²) >= 11 is 2.74. The molecule has 1 aliphatic heterocycles. The van der Waals surface area contributed by atoms with Crippen molar-refractivity contribution in [3.05, 3.63) is 9.16 Å². The summed E-state index contributed by atoms with van der Waals surface area (Å²) in [5, 5.41) is 11.5. The van der Waals surface area contributed by atoms with Gasteiger partial charge >= 0.3 is 98.7 Å². The fourth-order valence-corrected chi connectivity index (χ4v) is 10.3. The van der Waals surface area contributed by atoms with Crippen molar-refractivity contribution in [2.45, 2.75) is 45.2 Å². The molecule has 0 bridgehead atoms. The maximum atomic E-state index is 9.98. The minimum atomic E-state index is -0.948. The normalized spacial score (nSPS) is 26.5. The molecule has 0 radical (unpaired) electrons. The monoisotopic (exact) mass is 435 g/mol. The van der Waals surface area contributed by atoms with Crippen LogP contribution in [0.3, 0.4) is 0 Å². The number of halogens is 1. The first-order valence-corrected chi connectivity index (χ1v) is 19.2. The SMILES string of the molecule is CC1(C)C=[C]([Hg][Br])CC(C)(C)N1O. The van der Waals surface area contributed by atoms with Crippen molar-refractivity contribution in [2.24, 2.45) is 0 Å².